The van der Waals surface area contributed by atoms with Gasteiger partial charge in [-0.25, -0.2) is 4.39 Å². The van der Waals surface area contributed by atoms with Gasteiger partial charge in [0.25, 0.3) is 0 Å². The van der Waals surface area contributed by atoms with Gasteiger partial charge in [-0.1, -0.05) is 6.07 Å². The number of ether oxygens (including phenoxy) is 1. The molecule has 1 aliphatic carbocycles. The number of amides is 1. The van der Waals surface area contributed by atoms with Crippen LogP contribution < -0.4 is 10.5 Å². The van der Waals surface area contributed by atoms with Crippen molar-refractivity contribution in [1.29, 1.82) is 0 Å². The van der Waals surface area contributed by atoms with Gasteiger partial charge >= 0.3 is 0 Å². The Morgan fingerprint density at radius 2 is 2.20 bits per heavy atom. The monoisotopic (exact) mass is 209 g/mol. The average molecular weight is 209 g/mol. The molecule has 0 aliphatic heterocycles. The van der Waals surface area contributed by atoms with Crippen molar-refractivity contribution in [3.63, 3.8) is 0 Å². The van der Waals surface area contributed by atoms with Gasteiger partial charge in [0, 0.05) is 11.6 Å². The first kappa shape index (κ1) is 9.96. The van der Waals surface area contributed by atoms with Gasteiger partial charge in [-0.15, -0.1) is 0 Å². The van der Waals surface area contributed by atoms with Crippen LogP contribution in [0.15, 0.2) is 18.2 Å². The molecule has 0 atom stereocenters. The molecule has 0 heterocycles. The maximum Gasteiger partial charge on any atom is 0.228 e. The summed E-state index contributed by atoms with van der Waals surface area (Å²) in [6, 6.07) is 4.49. The van der Waals surface area contributed by atoms with Crippen LogP contribution in [0.25, 0.3) is 0 Å². The summed E-state index contributed by atoms with van der Waals surface area (Å²) < 4.78 is 18.5. The highest BCUT2D eigenvalue weighted by Crippen LogP contribution is 2.49. The first-order valence-corrected chi connectivity index (χ1v) is 4.74. The molecule has 1 amide bonds. The second-order valence-corrected chi connectivity index (χ2v) is 3.79. The Balaban J connectivity index is 2.42. The number of benzene rings is 1. The molecule has 1 aromatic rings. The summed E-state index contributed by atoms with van der Waals surface area (Å²) >= 11 is 0. The van der Waals surface area contributed by atoms with Crippen molar-refractivity contribution in [3.8, 4) is 5.75 Å². The Kier molecular flexibility index (Phi) is 2.14. The molecule has 0 radical (unpaired) electrons. The third kappa shape index (κ3) is 1.46. The molecular weight excluding hydrogens is 197 g/mol. The lowest BCUT2D eigenvalue weighted by Gasteiger charge is -2.12. The molecule has 0 saturated heterocycles. The quantitative estimate of drug-likeness (QED) is 0.817. The first-order chi connectivity index (χ1) is 7.10. The smallest absolute Gasteiger partial charge is 0.228 e. The molecular formula is C11H12FNO2. The maximum atomic E-state index is 13.6. The van der Waals surface area contributed by atoms with E-state index in [0.717, 1.165) is 0 Å². The van der Waals surface area contributed by atoms with E-state index >= 15 is 0 Å². The van der Waals surface area contributed by atoms with Crippen LogP contribution in [-0.2, 0) is 10.2 Å². The van der Waals surface area contributed by atoms with Gasteiger partial charge in [0.2, 0.25) is 5.91 Å². The number of primary amides is 1. The molecule has 0 unspecified atom stereocenters. The fourth-order valence-electron chi connectivity index (χ4n) is 1.78. The van der Waals surface area contributed by atoms with Crippen molar-refractivity contribution in [1.82, 2.24) is 0 Å². The standard InChI is InChI=1S/C11H12FNO2/c1-15-7-2-3-8(9(12)6-7)11(4-5-11)10(13)14/h2-3,6H,4-5H2,1H3,(H2,13,14). The predicted octanol–water partition coefficient (Wildman–Crippen LogP) is 1.35. The van der Waals surface area contributed by atoms with Crippen LogP contribution >= 0.6 is 0 Å². The van der Waals surface area contributed by atoms with Crippen LogP contribution in [0.4, 0.5) is 4.39 Å². The van der Waals surface area contributed by atoms with Crippen LogP contribution in [0.2, 0.25) is 0 Å². The fraction of sp³-hybridized carbons (Fsp3) is 0.364. The highest BCUT2D eigenvalue weighted by molar-refractivity contribution is 5.89. The van der Waals surface area contributed by atoms with E-state index in [0.29, 0.717) is 24.2 Å². The zero-order valence-electron chi connectivity index (χ0n) is 8.42. The van der Waals surface area contributed by atoms with E-state index < -0.39 is 17.1 Å². The minimum absolute atomic E-state index is 0.385. The SMILES string of the molecule is COc1ccc(C2(C(N)=O)CC2)c(F)c1. The molecule has 2 rings (SSSR count). The van der Waals surface area contributed by atoms with Crippen LogP contribution in [-0.4, -0.2) is 13.0 Å². The molecule has 0 aromatic heterocycles. The number of rotatable bonds is 3. The number of hydrogen-bond acceptors (Lipinski definition) is 2. The lowest BCUT2D eigenvalue weighted by molar-refractivity contribution is -0.120. The van der Waals surface area contributed by atoms with Gasteiger partial charge < -0.3 is 10.5 Å². The van der Waals surface area contributed by atoms with E-state index in [9.17, 15) is 9.18 Å². The molecule has 0 bridgehead atoms. The number of hydrogen-bond donors (Lipinski definition) is 1. The zero-order valence-corrected chi connectivity index (χ0v) is 8.42. The molecule has 3 nitrogen and oxygen atoms in total. The normalized spacial score (nSPS) is 17.2. The fourth-order valence-corrected chi connectivity index (χ4v) is 1.78. The lowest BCUT2D eigenvalue weighted by atomic mass is 9.94. The van der Waals surface area contributed by atoms with Crippen molar-refractivity contribution in [2.24, 2.45) is 5.73 Å². The highest BCUT2D eigenvalue weighted by Gasteiger charge is 2.51. The lowest BCUT2D eigenvalue weighted by Crippen LogP contribution is -2.29. The van der Waals surface area contributed by atoms with Crippen LogP contribution in [0.5, 0.6) is 5.75 Å². The molecule has 4 heteroatoms. The summed E-state index contributed by atoms with van der Waals surface area (Å²) in [4.78, 5) is 11.2. The number of methoxy groups -OCH3 is 1. The largest absolute Gasteiger partial charge is 0.497 e. The van der Waals surface area contributed by atoms with Crippen molar-refractivity contribution < 1.29 is 13.9 Å². The minimum Gasteiger partial charge on any atom is -0.497 e. The third-order valence-electron chi connectivity index (χ3n) is 2.91. The Hall–Kier alpha value is -1.58. The van der Waals surface area contributed by atoms with Gasteiger partial charge in [0.05, 0.1) is 12.5 Å². The Morgan fingerprint density at radius 3 is 2.60 bits per heavy atom. The van der Waals surface area contributed by atoms with Gasteiger partial charge in [-0.2, -0.15) is 0 Å². The van der Waals surface area contributed by atoms with E-state index in [2.05, 4.69) is 0 Å². The van der Waals surface area contributed by atoms with E-state index in [-0.39, 0.29) is 0 Å². The summed E-state index contributed by atoms with van der Waals surface area (Å²) in [5.41, 5.74) is 4.88. The molecule has 1 aliphatic rings. The zero-order chi connectivity index (χ0) is 11.1. The first-order valence-electron chi connectivity index (χ1n) is 4.74. The van der Waals surface area contributed by atoms with Crippen LogP contribution in [0, 0.1) is 5.82 Å². The van der Waals surface area contributed by atoms with E-state index in [1.54, 1.807) is 12.1 Å². The number of carbonyl (C=O) groups is 1. The van der Waals surface area contributed by atoms with Crippen molar-refractivity contribution in [3.05, 3.63) is 29.6 Å². The predicted molar refractivity (Wildman–Crippen MR) is 53.1 cm³/mol. The molecule has 2 N–H and O–H groups in total. The maximum absolute atomic E-state index is 13.6. The number of nitrogens with two attached hydrogens (primary N) is 1. The van der Waals surface area contributed by atoms with E-state index in [1.165, 1.54) is 13.2 Å². The second-order valence-electron chi connectivity index (χ2n) is 3.79. The van der Waals surface area contributed by atoms with E-state index in [1.807, 2.05) is 0 Å². The molecule has 15 heavy (non-hydrogen) atoms. The Morgan fingerprint density at radius 1 is 1.53 bits per heavy atom. The Labute approximate surface area is 87.0 Å². The van der Waals surface area contributed by atoms with Gasteiger partial charge in [0.15, 0.2) is 0 Å². The molecule has 1 saturated carbocycles. The van der Waals surface area contributed by atoms with Gasteiger partial charge in [0.1, 0.15) is 11.6 Å². The highest BCUT2D eigenvalue weighted by atomic mass is 19.1. The third-order valence-corrected chi connectivity index (χ3v) is 2.91. The minimum atomic E-state index is -0.768. The van der Waals surface area contributed by atoms with Crippen molar-refractivity contribution >= 4 is 5.91 Å². The molecule has 0 spiro atoms. The summed E-state index contributed by atoms with van der Waals surface area (Å²) in [5.74, 6) is -0.436. The summed E-state index contributed by atoms with van der Waals surface area (Å²) in [6.07, 6.45) is 1.26. The Bertz CT molecular complexity index is 413. The van der Waals surface area contributed by atoms with Crippen LogP contribution in [0.1, 0.15) is 18.4 Å². The average Bonchev–Trinajstić information content (AvgIpc) is 2.98. The van der Waals surface area contributed by atoms with Crippen molar-refractivity contribution in [2.45, 2.75) is 18.3 Å². The molecule has 80 valence electrons. The van der Waals surface area contributed by atoms with Gasteiger partial charge in [-0.3, -0.25) is 4.79 Å². The second kappa shape index (κ2) is 3.22. The van der Waals surface area contributed by atoms with E-state index in [4.69, 9.17) is 10.5 Å². The number of halogens is 1. The van der Waals surface area contributed by atoms with Gasteiger partial charge in [-0.05, 0) is 18.9 Å². The van der Waals surface area contributed by atoms with Crippen molar-refractivity contribution in [2.75, 3.05) is 7.11 Å². The number of carbonyl (C=O) groups excluding carboxylic acids is 1. The topological polar surface area (TPSA) is 52.3 Å². The van der Waals surface area contributed by atoms with Crippen LogP contribution in [0.3, 0.4) is 0 Å². The summed E-state index contributed by atoms with van der Waals surface area (Å²) in [7, 11) is 1.47. The summed E-state index contributed by atoms with van der Waals surface area (Å²) in [6.45, 7) is 0. The summed E-state index contributed by atoms with van der Waals surface area (Å²) in [5, 5.41) is 0. The molecule has 1 aromatic carbocycles. The molecule has 1 fully saturated rings.